The highest BCUT2D eigenvalue weighted by Crippen LogP contribution is 2.32. The minimum Gasteiger partial charge on any atom is -0.870 e. The van der Waals surface area contributed by atoms with Crippen LogP contribution in [0.2, 0.25) is 0 Å². The van der Waals surface area contributed by atoms with Gasteiger partial charge in [0.15, 0.2) is 5.76 Å². The maximum Gasteiger partial charge on any atom is 0.289 e. The summed E-state index contributed by atoms with van der Waals surface area (Å²) in [6.07, 6.45) is 2.80. The Balaban J connectivity index is 1.42. The molecule has 4 rings (SSSR count). The lowest BCUT2D eigenvalue weighted by molar-refractivity contribution is -0.385. The number of carbonyl (C=O) groups is 1. The summed E-state index contributed by atoms with van der Waals surface area (Å²) in [6.45, 7) is 4.45. The summed E-state index contributed by atoms with van der Waals surface area (Å²) >= 11 is 0. The van der Waals surface area contributed by atoms with Gasteiger partial charge >= 0.3 is 0 Å². The first kappa shape index (κ1) is 22.8. The van der Waals surface area contributed by atoms with E-state index < -0.39 is 10.7 Å². The number of piperazine rings is 1. The molecule has 176 valence electrons. The molecule has 1 amide bonds. The zero-order valence-corrected chi connectivity index (χ0v) is 18.5. The van der Waals surface area contributed by atoms with E-state index in [1.54, 1.807) is 36.1 Å². The fourth-order valence-corrected chi connectivity index (χ4v) is 3.69. The van der Waals surface area contributed by atoms with Gasteiger partial charge in [0.2, 0.25) is 0 Å². The minimum absolute atomic E-state index is 0.0711. The van der Waals surface area contributed by atoms with Crippen LogP contribution in [0.1, 0.15) is 23.0 Å². The third-order valence-electron chi connectivity index (χ3n) is 5.45. The van der Waals surface area contributed by atoms with Crippen molar-refractivity contribution in [1.29, 1.82) is 0 Å². The van der Waals surface area contributed by atoms with Crippen LogP contribution in [-0.4, -0.2) is 54.7 Å². The first-order chi connectivity index (χ1) is 16.5. The van der Waals surface area contributed by atoms with Crippen LogP contribution >= 0.6 is 0 Å². The molecule has 0 bridgehead atoms. The molecule has 1 aliphatic heterocycles. The zero-order chi connectivity index (χ0) is 24.1. The molecule has 0 saturated carbocycles. The number of carbonyl (C=O) groups excluding carboxylic acids is 1. The van der Waals surface area contributed by atoms with Crippen molar-refractivity contribution in [2.24, 2.45) is 4.99 Å². The van der Waals surface area contributed by atoms with Gasteiger partial charge in [-0.25, -0.2) is 0 Å². The van der Waals surface area contributed by atoms with E-state index >= 15 is 0 Å². The molecular formula is C24H23N4O6-. The summed E-state index contributed by atoms with van der Waals surface area (Å²) in [7, 11) is 0. The van der Waals surface area contributed by atoms with E-state index in [0.717, 1.165) is 11.8 Å². The monoisotopic (exact) mass is 463 g/mol. The van der Waals surface area contributed by atoms with Crippen LogP contribution in [0.25, 0.3) is 0 Å². The molecule has 0 N–H and O–H groups in total. The summed E-state index contributed by atoms with van der Waals surface area (Å²) in [5.74, 6) is -0.289. The van der Waals surface area contributed by atoms with Gasteiger partial charge in [0, 0.05) is 44.1 Å². The summed E-state index contributed by atoms with van der Waals surface area (Å²) in [5.41, 5.74) is 1.44. The number of anilines is 1. The molecule has 3 aromatic rings. The van der Waals surface area contributed by atoms with E-state index in [1.807, 2.05) is 12.1 Å². The summed E-state index contributed by atoms with van der Waals surface area (Å²) in [4.78, 5) is 31.2. The van der Waals surface area contributed by atoms with Crippen molar-refractivity contribution in [2.45, 2.75) is 6.92 Å². The largest absolute Gasteiger partial charge is 0.870 e. The van der Waals surface area contributed by atoms with E-state index in [9.17, 15) is 20.0 Å². The predicted octanol–water partition coefficient (Wildman–Crippen LogP) is 3.37. The van der Waals surface area contributed by atoms with Crippen LogP contribution in [0.4, 0.5) is 17.1 Å². The Morgan fingerprint density at radius 1 is 1.18 bits per heavy atom. The highest BCUT2D eigenvalue weighted by atomic mass is 16.6. The number of nitrogens with zero attached hydrogens (tertiary/aromatic N) is 4. The number of nitro groups is 1. The van der Waals surface area contributed by atoms with Crippen molar-refractivity contribution in [1.82, 2.24) is 4.90 Å². The minimum atomic E-state index is -0.573. The fraction of sp³-hybridized carbons (Fsp3) is 0.250. The van der Waals surface area contributed by atoms with Crippen LogP contribution in [0.15, 0.2) is 64.2 Å². The number of hydrogen-bond acceptors (Lipinski definition) is 8. The topological polar surface area (TPSA) is 124 Å². The summed E-state index contributed by atoms with van der Waals surface area (Å²) in [5, 5.41) is 23.7. The first-order valence-electron chi connectivity index (χ1n) is 10.8. The van der Waals surface area contributed by atoms with Gasteiger partial charge in [-0.15, -0.1) is 0 Å². The third kappa shape index (κ3) is 5.01. The number of non-ortho nitro benzene ring substituents is 1. The second-order valence-electron chi connectivity index (χ2n) is 7.58. The standard InChI is InChI=1S/C24H24N4O6/c1-2-33-22-15-20(28(31)32)14-17(23(22)29)16-25-18-5-7-19(8-6-18)26-9-11-27(12-10-26)24(30)21-4-3-13-34-21/h3-8,13-16,29H,2,9-12H2,1H3/p-1. The van der Waals surface area contributed by atoms with Crippen molar-refractivity contribution in [3.8, 4) is 11.5 Å². The van der Waals surface area contributed by atoms with E-state index in [1.165, 1.54) is 18.5 Å². The number of rotatable bonds is 7. The van der Waals surface area contributed by atoms with Gasteiger partial charge in [0.05, 0.1) is 29.5 Å². The van der Waals surface area contributed by atoms with Crippen LogP contribution in [0.5, 0.6) is 11.5 Å². The average molecular weight is 463 g/mol. The van der Waals surface area contributed by atoms with E-state index in [0.29, 0.717) is 37.6 Å². The molecule has 2 heterocycles. The normalized spacial score (nSPS) is 13.9. The molecule has 1 aromatic heterocycles. The van der Waals surface area contributed by atoms with Crippen molar-refractivity contribution in [2.75, 3.05) is 37.7 Å². The first-order valence-corrected chi connectivity index (χ1v) is 10.8. The Bertz CT molecular complexity index is 1180. The van der Waals surface area contributed by atoms with Crippen molar-refractivity contribution < 1.29 is 24.0 Å². The highest BCUT2D eigenvalue weighted by molar-refractivity contribution is 5.91. The molecular weight excluding hydrogens is 440 g/mol. The third-order valence-corrected chi connectivity index (χ3v) is 5.45. The van der Waals surface area contributed by atoms with Crippen molar-refractivity contribution >= 4 is 29.2 Å². The molecule has 0 radical (unpaired) electrons. The lowest BCUT2D eigenvalue weighted by Crippen LogP contribution is -2.48. The Labute approximate surface area is 195 Å². The number of nitro benzene ring substituents is 1. The Hall–Kier alpha value is -4.34. The molecule has 10 heteroatoms. The maximum atomic E-state index is 12.5. The van der Waals surface area contributed by atoms with E-state index in [-0.39, 0.29) is 29.5 Å². The fourth-order valence-electron chi connectivity index (χ4n) is 3.69. The molecule has 0 aliphatic carbocycles. The second kappa shape index (κ2) is 10.1. The molecule has 0 spiro atoms. The molecule has 34 heavy (non-hydrogen) atoms. The van der Waals surface area contributed by atoms with E-state index in [2.05, 4.69) is 9.89 Å². The van der Waals surface area contributed by atoms with Crippen LogP contribution in [-0.2, 0) is 0 Å². The van der Waals surface area contributed by atoms with Gasteiger partial charge in [-0.1, -0.05) is 5.75 Å². The lowest BCUT2D eigenvalue weighted by Gasteiger charge is -2.35. The Morgan fingerprint density at radius 2 is 1.91 bits per heavy atom. The van der Waals surface area contributed by atoms with E-state index in [4.69, 9.17) is 9.15 Å². The van der Waals surface area contributed by atoms with Gasteiger partial charge in [-0.05, 0) is 48.9 Å². The molecule has 1 aliphatic rings. The Morgan fingerprint density at radius 3 is 2.53 bits per heavy atom. The quantitative estimate of drug-likeness (QED) is 0.299. The van der Waals surface area contributed by atoms with Gasteiger partial charge < -0.3 is 24.1 Å². The lowest BCUT2D eigenvalue weighted by atomic mass is 10.1. The number of hydrogen-bond donors (Lipinski definition) is 0. The molecule has 1 fully saturated rings. The van der Waals surface area contributed by atoms with Gasteiger partial charge in [-0.2, -0.15) is 0 Å². The summed E-state index contributed by atoms with van der Waals surface area (Å²) in [6, 6.07) is 13.1. The number of benzene rings is 2. The molecule has 2 aromatic carbocycles. The SMILES string of the molecule is CCOc1cc([N+](=O)[O-])cc(C=Nc2ccc(N3CCN(C(=O)c4ccco4)CC3)cc2)c1[O-]. The van der Waals surface area contributed by atoms with Gasteiger partial charge in [0.1, 0.15) is 5.75 Å². The maximum absolute atomic E-state index is 12.5. The second-order valence-corrected chi connectivity index (χ2v) is 7.58. The number of ether oxygens (including phenoxy) is 1. The highest BCUT2D eigenvalue weighted by Gasteiger charge is 2.23. The molecule has 0 atom stereocenters. The van der Waals surface area contributed by atoms with Gasteiger partial charge in [0.25, 0.3) is 11.6 Å². The van der Waals surface area contributed by atoms with Crippen molar-refractivity contribution in [3.05, 3.63) is 76.2 Å². The molecule has 0 unspecified atom stereocenters. The van der Waals surface area contributed by atoms with Gasteiger partial charge in [-0.3, -0.25) is 19.9 Å². The van der Waals surface area contributed by atoms with Crippen LogP contribution in [0, 0.1) is 10.1 Å². The number of furan rings is 1. The van der Waals surface area contributed by atoms with Crippen LogP contribution in [0.3, 0.4) is 0 Å². The molecule has 10 nitrogen and oxygen atoms in total. The number of amides is 1. The summed E-state index contributed by atoms with van der Waals surface area (Å²) < 4.78 is 10.4. The Kier molecular flexibility index (Phi) is 6.77. The average Bonchev–Trinajstić information content (AvgIpc) is 3.39. The van der Waals surface area contributed by atoms with Crippen LogP contribution < -0.4 is 14.7 Å². The number of aliphatic imine (C=N–C) groups is 1. The van der Waals surface area contributed by atoms with Crippen molar-refractivity contribution in [3.63, 3.8) is 0 Å². The molecule has 1 saturated heterocycles. The zero-order valence-electron chi connectivity index (χ0n) is 18.5. The predicted molar refractivity (Wildman–Crippen MR) is 124 cm³/mol. The smallest absolute Gasteiger partial charge is 0.289 e.